The molecule has 1 rings (SSSR count). The van der Waals surface area contributed by atoms with Gasteiger partial charge < -0.3 is 5.32 Å². The van der Waals surface area contributed by atoms with E-state index in [0.717, 1.165) is 25.7 Å². The Kier molecular flexibility index (Phi) is 6.12. The highest BCUT2D eigenvalue weighted by Gasteiger charge is 2.32. The molecule has 0 saturated heterocycles. The molecule has 0 aromatic rings. The summed E-state index contributed by atoms with van der Waals surface area (Å²) in [6, 6.07) is 0.0947. The predicted octanol–water partition coefficient (Wildman–Crippen LogP) is 2.61. The molecule has 4 unspecified atom stereocenters. The second-order valence-corrected chi connectivity index (χ2v) is 8.33. The van der Waals surface area contributed by atoms with E-state index in [2.05, 4.69) is 26.1 Å². The summed E-state index contributed by atoms with van der Waals surface area (Å²) < 4.78 is 25.0. The van der Waals surface area contributed by atoms with Crippen LogP contribution in [0.15, 0.2) is 0 Å². The van der Waals surface area contributed by atoms with Crippen LogP contribution in [0.1, 0.15) is 52.9 Å². The summed E-state index contributed by atoms with van der Waals surface area (Å²) >= 11 is 0. The van der Waals surface area contributed by atoms with Crippen LogP contribution in [0.3, 0.4) is 0 Å². The molecule has 0 spiro atoms. The summed E-state index contributed by atoms with van der Waals surface area (Å²) in [4.78, 5) is 0. The summed E-state index contributed by atoms with van der Waals surface area (Å²) in [6.07, 6.45) is 5.00. The van der Waals surface area contributed by atoms with Gasteiger partial charge in [-0.1, -0.05) is 40.0 Å². The van der Waals surface area contributed by atoms with E-state index in [1.54, 1.807) is 0 Å². The lowest BCUT2D eigenvalue weighted by Crippen LogP contribution is -2.42. The highest BCUT2D eigenvalue weighted by molar-refractivity contribution is 7.92. The molecule has 18 heavy (non-hydrogen) atoms. The fourth-order valence-electron chi connectivity index (χ4n) is 2.91. The standard InChI is InChI=1S/C14H29NO2S/c1-5-12(3)14(15-4)10-18(16,17)13-8-6-7-11(2)9-13/h11-15H,5-10H2,1-4H3. The van der Waals surface area contributed by atoms with Crippen LogP contribution in [-0.2, 0) is 9.84 Å². The van der Waals surface area contributed by atoms with E-state index in [1.165, 1.54) is 6.42 Å². The van der Waals surface area contributed by atoms with E-state index < -0.39 is 9.84 Å². The van der Waals surface area contributed by atoms with Gasteiger partial charge in [-0.15, -0.1) is 0 Å². The van der Waals surface area contributed by atoms with Crippen LogP contribution < -0.4 is 5.32 Å². The molecule has 4 atom stereocenters. The Morgan fingerprint density at radius 1 is 1.33 bits per heavy atom. The van der Waals surface area contributed by atoms with Crippen molar-refractivity contribution >= 4 is 9.84 Å². The smallest absolute Gasteiger partial charge is 0.154 e. The molecule has 0 aliphatic heterocycles. The first-order valence-electron chi connectivity index (χ1n) is 7.29. The first-order chi connectivity index (χ1) is 8.40. The largest absolute Gasteiger partial charge is 0.316 e. The zero-order chi connectivity index (χ0) is 13.8. The fraction of sp³-hybridized carbons (Fsp3) is 1.00. The molecule has 0 aromatic heterocycles. The molecule has 1 N–H and O–H groups in total. The van der Waals surface area contributed by atoms with Crippen molar-refractivity contribution in [3.05, 3.63) is 0 Å². The summed E-state index contributed by atoms with van der Waals surface area (Å²) in [7, 11) is -1.07. The number of sulfone groups is 1. The Labute approximate surface area is 113 Å². The molecule has 0 amide bonds. The van der Waals surface area contributed by atoms with E-state index in [0.29, 0.717) is 17.6 Å². The minimum absolute atomic E-state index is 0.0947. The van der Waals surface area contributed by atoms with Gasteiger partial charge in [-0.3, -0.25) is 0 Å². The van der Waals surface area contributed by atoms with Crippen molar-refractivity contribution in [2.45, 2.75) is 64.2 Å². The first-order valence-corrected chi connectivity index (χ1v) is 9.01. The van der Waals surface area contributed by atoms with Gasteiger partial charge in [0.1, 0.15) is 0 Å². The fourth-order valence-corrected chi connectivity index (χ4v) is 5.32. The first kappa shape index (κ1) is 16.0. The van der Waals surface area contributed by atoms with E-state index in [1.807, 2.05) is 7.05 Å². The molecule has 1 saturated carbocycles. The highest BCUT2D eigenvalue weighted by Crippen LogP contribution is 2.29. The van der Waals surface area contributed by atoms with Crippen molar-refractivity contribution in [3.8, 4) is 0 Å². The number of hydrogen-bond acceptors (Lipinski definition) is 3. The van der Waals surface area contributed by atoms with Gasteiger partial charge in [0.15, 0.2) is 9.84 Å². The summed E-state index contributed by atoms with van der Waals surface area (Å²) in [6.45, 7) is 6.41. The Morgan fingerprint density at radius 3 is 2.50 bits per heavy atom. The van der Waals surface area contributed by atoms with Crippen LogP contribution in [0.2, 0.25) is 0 Å². The van der Waals surface area contributed by atoms with Gasteiger partial charge >= 0.3 is 0 Å². The SMILES string of the molecule is CCC(C)C(CS(=O)(=O)C1CCCC(C)C1)NC. The molecule has 0 heterocycles. The maximum absolute atomic E-state index is 12.5. The quantitative estimate of drug-likeness (QED) is 0.810. The minimum Gasteiger partial charge on any atom is -0.316 e. The summed E-state index contributed by atoms with van der Waals surface area (Å²) in [5.41, 5.74) is 0. The van der Waals surface area contributed by atoms with Crippen LogP contribution in [0, 0.1) is 11.8 Å². The maximum atomic E-state index is 12.5. The van der Waals surface area contributed by atoms with E-state index in [4.69, 9.17) is 0 Å². The number of rotatable bonds is 6. The van der Waals surface area contributed by atoms with Crippen molar-refractivity contribution in [3.63, 3.8) is 0 Å². The van der Waals surface area contributed by atoms with E-state index >= 15 is 0 Å². The van der Waals surface area contributed by atoms with Crippen molar-refractivity contribution < 1.29 is 8.42 Å². The Bertz CT molecular complexity index is 340. The molecule has 0 bridgehead atoms. The topological polar surface area (TPSA) is 46.2 Å². The van der Waals surface area contributed by atoms with Crippen molar-refractivity contribution in [2.24, 2.45) is 11.8 Å². The van der Waals surface area contributed by atoms with Gasteiger partial charge in [0.2, 0.25) is 0 Å². The third-order valence-electron chi connectivity index (χ3n) is 4.51. The Morgan fingerprint density at radius 2 is 2.00 bits per heavy atom. The third-order valence-corrected chi connectivity index (χ3v) is 6.78. The zero-order valence-corrected chi connectivity index (χ0v) is 13.1. The van der Waals surface area contributed by atoms with Gasteiger partial charge in [-0.25, -0.2) is 8.42 Å². The molecule has 1 fully saturated rings. The van der Waals surface area contributed by atoms with Crippen molar-refractivity contribution in [1.82, 2.24) is 5.32 Å². The normalized spacial score (nSPS) is 28.9. The number of hydrogen-bond donors (Lipinski definition) is 1. The summed E-state index contributed by atoms with van der Waals surface area (Å²) in [5.74, 6) is 1.27. The monoisotopic (exact) mass is 275 g/mol. The van der Waals surface area contributed by atoms with Crippen LogP contribution in [0.25, 0.3) is 0 Å². The van der Waals surface area contributed by atoms with Crippen LogP contribution in [0.5, 0.6) is 0 Å². The van der Waals surface area contributed by atoms with Crippen LogP contribution in [-0.4, -0.2) is 32.5 Å². The molecule has 1 aliphatic carbocycles. The third kappa shape index (κ3) is 4.23. The summed E-state index contributed by atoms with van der Waals surface area (Å²) in [5, 5.41) is 3.08. The lowest BCUT2D eigenvalue weighted by atomic mass is 9.91. The van der Waals surface area contributed by atoms with Gasteiger partial charge in [-0.05, 0) is 31.7 Å². The molecule has 0 aromatic carbocycles. The predicted molar refractivity (Wildman–Crippen MR) is 77.5 cm³/mol. The highest BCUT2D eigenvalue weighted by atomic mass is 32.2. The van der Waals surface area contributed by atoms with Crippen molar-refractivity contribution in [1.29, 1.82) is 0 Å². The van der Waals surface area contributed by atoms with Gasteiger partial charge in [0.25, 0.3) is 0 Å². The second kappa shape index (κ2) is 6.90. The van der Waals surface area contributed by atoms with Crippen molar-refractivity contribution in [2.75, 3.05) is 12.8 Å². The average Bonchev–Trinajstić information content (AvgIpc) is 2.35. The molecular weight excluding hydrogens is 246 g/mol. The van der Waals surface area contributed by atoms with Crippen LogP contribution in [0.4, 0.5) is 0 Å². The van der Waals surface area contributed by atoms with E-state index in [9.17, 15) is 8.42 Å². The molecular formula is C14H29NO2S. The Hall–Kier alpha value is -0.0900. The lowest BCUT2D eigenvalue weighted by molar-refractivity contribution is 0.375. The second-order valence-electron chi connectivity index (χ2n) is 6.00. The molecule has 1 aliphatic rings. The zero-order valence-electron chi connectivity index (χ0n) is 12.3. The average molecular weight is 275 g/mol. The van der Waals surface area contributed by atoms with Gasteiger partial charge in [0.05, 0.1) is 11.0 Å². The van der Waals surface area contributed by atoms with Crippen LogP contribution >= 0.6 is 0 Å². The molecule has 3 nitrogen and oxygen atoms in total. The number of nitrogens with one attached hydrogen (secondary N) is 1. The van der Waals surface area contributed by atoms with Gasteiger partial charge in [-0.2, -0.15) is 0 Å². The molecule has 4 heteroatoms. The lowest BCUT2D eigenvalue weighted by Gasteiger charge is -2.29. The minimum atomic E-state index is -2.95. The molecule has 108 valence electrons. The molecule has 0 radical (unpaired) electrons. The Balaban J connectivity index is 2.67. The maximum Gasteiger partial charge on any atom is 0.154 e. The van der Waals surface area contributed by atoms with Gasteiger partial charge in [0, 0.05) is 6.04 Å². The van der Waals surface area contributed by atoms with E-state index in [-0.39, 0.29) is 11.3 Å².